The third kappa shape index (κ3) is 3.93. The van der Waals surface area contributed by atoms with Crippen LogP contribution < -0.4 is 15.0 Å². The van der Waals surface area contributed by atoms with Crippen molar-refractivity contribution in [3.8, 4) is 5.75 Å². The smallest absolute Gasteiger partial charge is 0.323 e. The molecular formula is C14H18N2O5. The largest absolute Gasteiger partial charge is 0.490 e. The number of aliphatic hydroxyl groups is 1. The van der Waals surface area contributed by atoms with E-state index in [9.17, 15) is 9.59 Å². The van der Waals surface area contributed by atoms with Crippen LogP contribution in [0.3, 0.4) is 0 Å². The van der Waals surface area contributed by atoms with E-state index < -0.39 is 5.97 Å². The van der Waals surface area contributed by atoms with Gasteiger partial charge in [-0.15, -0.1) is 0 Å². The number of aliphatic carboxylic acids is 1. The molecule has 0 radical (unpaired) electrons. The van der Waals surface area contributed by atoms with Gasteiger partial charge in [-0.3, -0.25) is 9.59 Å². The number of ketones is 1. The lowest BCUT2D eigenvalue weighted by Crippen LogP contribution is -2.37. The molecule has 2 rings (SSSR count). The third-order valence-corrected chi connectivity index (χ3v) is 3.14. The lowest BCUT2D eigenvalue weighted by molar-refractivity contribution is -0.135. The Balaban J connectivity index is 2.15. The zero-order chi connectivity index (χ0) is 15.2. The van der Waals surface area contributed by atoms with Crippen LogP contribution in [0.2, 0.25) is 0 Å². The average molecular weight is 294 g/mol. The van der Waals surface area contributed by atoms with Crippen LogP contribution in [0, 0.1) is 0 Å². The SMILES string of the molecule is O=C(O)CN1CCOc2ccc(C(=O)CNCCO)cc21. The van der Waals surface area contributed by atoms with Crippen LogP contribution in [0.1, 0.15) is 10.4 Å². The van der Waals surface area contributed by atoms with Crippen molar-refractivity contribution < 1.29 is 24.5 Å². The Labute approximate surface area is 122 Å². The fourth-order valence-corrected chi connectivity index (χ4v) is 2.16. The summed E-state index contributed by atoms with van der Waals surface area (Å²) < 4.78 is 5.47. The molecule has 114 valence electrons. The second-order valence-corrected chi connectivity index (χ2v) is 4.67. The standard InChI is InChI=1S/C14H18N2O5/c17-5-3-15-8-12(18)10-1-2-13-11(7-10)16(4-6-21-13)9-14(19)20/h1-2,7,15,17H,3-6,8-9H2,(H,19,20). The minimum absolute atomic E-state index is 0.0301. The van der Waals surface area contributed by atoms with Crippen LogP contribution in [0.25, 0.3) is 0 Å². The Hall–Kier alpha value is -2.12. The monoisotopic (exact) mass is 294 g/mol. The van der Waals surface area contributed by atoms with E-state index in [4.69, 9.17) is 14.9 Å². The number of aliphatic hydroxyl groups excluding tert-OH is 1. The summed E-state index contributed by atoms with van der Waals surface area (Å²) in [5.41, 5.74) is 1.11. The van der Waals surface area contributed by atoms with Gasteiger partial charge in [-0.2, -0.15) is 0 Å². The van der Waals surface area contributed by atoms with Gasteiger partial charge < -0.3 is 25.2 Å². The second kappa shape index (κ2) is 7.05. The number of carboxylic acids is 1. The summed E-state index contributed by atoms with van der Waals surface area (Å²) >= 11 is 0. The van der Waals surface area contributed by atoms with Crippen LogP contribution >= 0.6 is 0 Å². The highest BCUT2D eigenvalue weighted by molar-refractivity contribution is 5.99. The summed E-state index contributed by atoms with van der Waals surface area (Å²) in [5.74, 6) is -0.460. The van der Waals surface area contributed by atoms with E-state index in [1.54, 1.807) is 23.1 Å². The molecule has 7 nitrogen and oxygen atoms in total. The minimum Gasteiger partial charge on any atom is -0.490 e. The molecule has 3 N–H and O–H groups in total. The van der Waals surface area contributed by atoms with Crippen molar-refractivity contribution in [3.63, 3.8) is 0 Å². The number of fused-ring (bicyclic) bond motifs is 1. The number of Topliss-reactive ketones (excluding diaryl/α,β-unsaturated/α-hetero) is 1. The first kappa shape index (κ1) is 15.3. The van der Waals surface area contributed by atoms with Crippen LogP contribution in [0.4, 0.5) is 5.69 Å². The maximum atomic E-state index is 12.0. The van der Waals surface area contributed by atoms with E-state index in [1.165, 1.54) is 0 Å². The number of hydrogen-bond acceptors (Lipinski definition) is 6. The summed E-state index contributed by atoms with van der Waals surface area (Å²) in [6.45, 7) is 1.21. The molecule has 7 heteroatoms. The molecule has 0 unspecified atom stereocenters. The molecule has 0 amide bonds. The minimum atomic E-state index is -0.927. The second-order valence-electron chi connectivity index (χ2n) is 4.67. The van der Waals surface area contributed by atoms with Crippen molar-refractivity contribution >= 4 is 17.4 Å². The maximum Gasteiger partial charge on any atom is 0.323 e. The first-order valence-electron chi connectivity index (χ1n) is 6.70. The van der Waals surface area contributed by atoms with E-state index >= 15 is 0 Å². The molecule has 1 aromatic carbocycles. The number of benzene rings is 1. The Morgan fingerprint density at radius 3 is 2.90 bits per heavy atom. The van der Waals surface area contributed by atoms with Gasteiger partial charge >= 0.3 is 5.97 Å². The molecule has 0 fully saturated rings. The van der Waals surface area contributed by atoms with Gasteiger partial charge in [0.25, 0.3) is 0 Å². The molecule has 0 aromatic heterocycles. The first-order chi connectivity index (χ1) is 10.1. The summed E-state index contributed by atoms with van der Waals surface area (Å²) in [6, 6.07) is 5.00. The predicted octanol–water partition coefficient (Wildman–Crippen LogP) is -0.265. The van der Waals surface area contributed by atoms with E-state index in [0.717, 1.165) is 0 Å². The van der Waals surface area contributed by atoms with Crippen LogP contribution in [0.15, 0.2) is 18.2 Å². The van der Waals surface area contributed by atoms with Crippen molar-refractivity contribution in [2.24, 2.45) is 0 Å². The van der Waals surface area contributed by atoms with Crippen molar-refractivity contribution in [2.45, 2.75) is 0 Å². The molecule has 0 aliphatic carbocycles. The first-order valence-corrected chi connectivity index (χ1v) is 6.70. The van der Waals surface area contributed by atoms with Gasteiger partial charge in [-0.05, 0) is 18.2 Å². The molecule has 0 bridgehead atoms. The lowest BCUT2D eigenvalue weighted by Gasteiger charge is -2.30. The van der Waals surface area contributed by atoms with E-state index in [-0.39, 0.29) is 25.5 Å². The fourth-order valence-electron chi connectivity index (χ4n) is 2.16. The molecule has 21 heavy (non-hydrogen) atoms. The van der Waals surface area contributed by atoms with Gasteiger partial charge in [0.2, 0.25) is 0 Å². The Morgan fingerprint density at radius 1 is 1.38 bits per heavy atom. The third-order valence-electron chi connectivity index (χ3n) is 3.14. The molecule has 0 saturated carbocycles. The zero-order valence-corrected chi connectivity index (χ0v) is 11.5. The van der Waals surface area contributed by atoms with Gasteiger partial charge in [0.05, 0.1) is 25.4 Å². The maximum absolute atomic E-state index is 12.0. The predicted molar refractivity (Wildman–Crippen MR) is 76.1 cm³/mol. The molecule has 1 heterocycles. The zero-order valence-electron chi connectivity index (χ0n) is 11.5. The molecule has 0 saturated heterocycles. The lowest BCUT2D eigenvalue weighted by atomic mass is 10.1. The molecule has 1 aromatic rings. The van der Waals surface area contributed by atoms with Crippen LogP contribution in [0.5, 0.6) is 5.75 Å². The number of ether oxygens (including phenoxy) is 1. The highest BCUT2D eigenvalue weighted by Gasteiger charge is 2.21. The molecule has 1 aliphatic heterocycles. The number of nitrogens with zero attached hydrogens (tertiary/aromatic N) is 1. The van der Waals surface area contributed by atoms with Crippen molar-refractivity contribution in [1.82, 2.24) is 5.32 Å². The molecule has 1 aliphatic rings. The number of anilines is 1. The summed E-state index contributed by atoms with van der Waals surface area (Å²) in [5, 5.41) is 20.4. The van der Waals surface area contributed by atoms with E-state index in [1.807, 2.05) is 0 Å². The van der Waals surface area contributed by atoms with E-state index in [2.05, 4.69) is 5.32 Å². The van der Waals surface area contributed by atoms with Crippen molar-refractivity contribution in [3.05, 3.63) is 23.8 Å². The molecule has 0 spiro atoms. The number of hydrogen-bond donors (Lipinski definition) is 3. The van der Waals surface area contributed by atoms with Crippen LogP contribution in [-0.4, -0.2) is 61.4 Å². The van der Waals surface area contributed by atoms with Crippen molar-refractivity contribution in [1.29, 1.82) is 0 Å². The number of nitrogens with one attached hydrogen (secondary N) is 1. The highest BCUT2D eigenvalue weighted by Crippen LogP contribution is 2.32. The van der Waals surface area contributed by atoms with Gasteiger partial charge in [-0.1, -0.05) is 0 Å². The Kier molecular flexibility index (Phi) is 5.13. The number of carboxylic acid groups (broad SMARTS) is 1. The quantitative estimate of drug-likeness (QED) is 0.470. The van der Waals surface area contributed by atoms with Gasteiger partial charge in [0.1, 0.15) is 18.9 Å². The van der Waals surface area contributed by atoms with Gasteiger partial charge in [0.15, 0.2) is 5.78 Å². The average Bonchev–Trinajstić information content (AvgIpc) is 2.47. The highest BCUT2D eigenvalue weighted by atomic mass is 16.5. The number of rotatable bonds is 7. The normalized spacial score (nSPS) is 13.5. The summed E-state index contributed by atoms with van der Waals surface area (Å²) in [6.07, 6.45) is 0. The van der Waals surface area contributed by atoms with Crippen LogP contribution in [-0.2, 0) is 4.79 Å². The van der Waals surface area contributed by atoms with Crippen molar-refractivity contribution in [2.75, 3.05) is 44.3 Å². The van der Waals surface area contributed by atoms with E-state index in [0.29, 0.717) is 36.7 Å². The Morgan fingerprint density at radius 2 is 2.19 bits per heavy atom. The molecule has 0 atom stereocenters. The number of carbonyl (C=O) groups is 2. The summed E-state index contributed by atoms with van der Waals surface area (Å²) in [4.78, 5) is 24.6. The molecular weight excluding hydrogens is 276 g/mol. The van der Waals surface area contributed by atoms with Gasteiger partial charge in [0, 0.05) is 12.1 Å². The fraction of sp³-hybridized carbons (Fsp3) is 0.429. The Bertz CT molecular complexity index is 532. The van der Waals surface area contributed by atoms with Gasteiger partial charge in [-0.25, -0.2) is 0 Å². The topological polar surface area (TPSA) is 99.1 Å². The number of carbonyl (C=O) groups excluding carboxylic acids is 1. The summed E-state index contributed by atoms with van der Waals surface area (Å²) in [7, 11) is 0.